The number of unbranched alkanes of at least 4 members (excludes halogenated alkanes) is 33. The fourth-order valence-electron chi connectivity index (χ4n) is 8.58. The summed E-state index contributed by atoms with van der Waals surface area (Å²) >= 11 is 0. The second-order valence-electron chi connectivity index (χ2n) is 18.5. The van der Waals surface area contributed by atoms with E-state index in [2.05, 4.69) is 19.2 Å². The van der Waals surface area contributed by atoms with Crippen LogP contribution in [0.15, 0.2) is 0 Å². The fourth-order valence-corrected chi connectivity index (χ4v) is 8.58. The smallest absolute Gasteiger partial charge is 0.249 e. The van der Waals surface area contributed by atoms with Crippen molar-refractivity contribution in [1.29, 1.82) is 0 Å². The number of rotatable bonds is 44. The first-order valence-corrected chi connectivity index (χ1v) is 25.8. The first-order chi connectivity index (χ1) is 29.3. The number of aliphatic hydroxyl groups excluding tert-OH is 6. The molecule has 358 valence electrons. The van der Waals surface area contributed by atoms with Crippen LogP contribution < -0.4 is 5.32 Å². The Hall–Kier alpha value is -0.850. The van der Waals surface area contributed by atoms with Gasteiger partial charge >= 0.3 is 0 Å². The Kier molecular flexibility index (Phi) is 39.0. The molecule has 0 spiro atoms. The van der Waals surface area contributed by atoms with Gasteiger partial charge in [0.15, 0.2) is 6.29 Å². The van der Waals surface area contributed by atoms with E-state index in [0.717, 1.165) is 44.9 Å². The van der Waals surface area contributed by atoms with Gasteiger partial charge in [-0.2, -0.15) is 0 Å². The standard InChI is InChI=1S/C50H99NO9/c1-3-5-7-9-11-13-15-16-17-18-19-20-21-22-23-24-25-26-27-29-31-33-35-37-39-44(54)49(58)51-42(41-59-50-48(57)47(56)46(55)45(40-52)60-50)43(53)38-36-34-32-30-28-14-12-10-8-6-4-2/h42-48,50,52-57H,3-41H2,1-2H3,(H,51,58). The second kappa shape index (κ2) is 40.9. The average molecular weight is 858 g/mol. The minimum absolute atomic E-state index is 0.250. The quantitative estimate of drug-likeness (QED) is 0.0295. The van der Waals surface area contributed by atoms with Gasteiger partial charge in [0.2, 0.25) is 5.91 Å². The largest absolute Gasteiger partial charge is 0.394 e. The van der Waals surface area contributed by atoms with Gasteiger partial charge in [-0.05, 0) is 12.8 Å². The SMILES string of the molecule is CCCCCCCCCCCCCCCCCCCCCCCCCCC(O)C(=O)NC(COC1OC(CO)C(O)C(O)C1O)C(O)CCCCCCCCCCCCC. The Morgan fingerprint density at radius 1 is 0.500 bits per heavy atom. The Bertz CT molecular complexity index is 926. The van der Waals surface area contributed by atoms with Crippen molar-refractivity contribution >= 4 is 5.91 Å². The molecule has 1 saturated heterocycles. The molecule has 60 heavy (non-hydrogen) atoms. The maximum absolute atomic E-state index is 13.1. The molecule has 0 aromatic heterocycles. The second-order valence-corrected chi connectivity index (χ2v) is 18.5. The van der Waals surface area contributed by atoms with Crippen LogP contribution in [0.5, 0.6) is 0 Å². The number of carbonyl (C=O) groups excluding carboxylic acids is 1. The lowest BCUT2D eigenvalue weighted by Gasteiger charge is -2.40. The average Bonchev–Trinajstić information content (AvgIpc) is 3.25. The van der Waals surface area contributed by atoms with E-state index < -0.39 is 61.5 Å². The molecule has 7 N–H and O–H groups in total. The van der Waals surface area contributed by atoms with Crippen molar-refractivity contribution < 1.29 is 44.9 Å². The van der Waals surface area contributed by atoms with Gasteiger partial charge in [0.05, 0.1) is 25.4 Å². The number of hydrogen-bond acceptors (Lipinski definition) is 9. The van der Waals surface area contributed by atoms with Gasteiger partial charge in [-0.15, -0.1) is 0 Å². The number of ether oxygens (including phenoxy) is 2. The third-order valence-corrected chi connectivity index (χ3v) is 12.8. The van der Waals surface area contributed by atoms with E-state index in [-0.39, 0.29) is 6.61 Å². The molecule has 1 heterocycles. The summed E-state index contributed by atoms with van der Waals surface area (Å²) in [6.07, 6.45) is 36.0. The molecule has 8 atom stereocenters. The van der Waals surface area contributed by atoms with Gasteiger partial charge in [0, 0.05) is 0 Å². The fraction of sp³-hybridized carbons (Fsp3) is 0.980. The van der Waals surface area contributed by atoms with Crippen molar-refractivity contribution in [1.82, 2.24) is 5.32 Å². The van der Waals surface area contributed by atoms with E-state index in [1.54, 1.807) is 0 Å². The predicted molar refractivity (Wildman–Crippen MR) is 246 cm³/mol. The maximum atomic E-state index is 13.1. The number of carbonyl (C=O) groups is 1. The molecule has 1 rings (SSSR count). The Balaban J connectivity index is 2.22. The lowest BCUT2D eigenvalue weighted by molar-refractivity contribution is -0.302. The monoisotopic (exact) mass is 858 g/mol. The summed E-state index contributed by atoms with van der Waals surface area (Å²) < 4.78 is 11.2. The minimum Gasteiger partial charge on any atom is -0.394 e. The van der Waals surface area contributed by atoms with Crippen molar-refractivity contribution in [2.24, 2.45) is 0 Å². The molecule has 0 aromatic rings. The molecule has 10 nitrogen and oxygen atoms in total. The Morgan fingerprint density at radius 2 is 0.833 bits per heavy atom. The molecule has 1 aliphatic heterocycles. The van der Waals surface area contributed by atoms with Crippen molar-refractivity contribution in [3.8, 4) is 0 Å². The summed E-state index contributed by atoms with van der Waals surface area (Å²) in [5.41, 5.74) is 0. The van der Waals surface area contributed by atoms with E-state index in [4.69, 9.17) is 9.47 Å². The molecular formula is C50H99NO9. The number of hydrogen-bond donors (Lipinski definition) is 7. The molecule has 0 bridgehead atoms. The van der Waals surface area contributed by atoms with Gasteiger partial charge in [-0.3, -0.25) is 4.79 Å². The predicted octanol–water partition coefficient (Wildman–Crippen LogP) is 10.5. The summed E-state index contributed by atoms with van der Waals surface area (Å²) in [5.74, 6) is -0.579. The van der Waals surface area contributed by atoms with Gasteiger partial charge in [0.1, 0.15) is 30.5 Å². The van der Waals surface area contributed by atoms with Crippen LogP contribution in [0.3, 0.4) is 0 Å². The minimum atomic E-state index is -1.59. The van der Waals surface area contributed by atoms with Crippen molar-refractivity contribution in [3.63, 3.8) is 0 Å². The maximum Gasteiger partial charge on any atom is 0.249 e. The molecule has 0 radical (unpaired) electrons. The van der Waals surface area contributed by atoms with Crippen LogP contribution >= 0.6 is 0 Å². The molecular weight excluding hydrogens is 759 g/mol. The van der Waals surface area contributed by atoms with Gasteiger partial charge in [-0.25, -0.2) is 0 Å². The van der Waals surface area contributed by atoms with Crippen molar-refractivity contribution in [2.45, 2.75) is 300 Å². The summed E-state index contributed by atoms with van der Waals surface area (Å²) in [6, 6.07) is -0.887. The highest BCUT2D eigenvalue weighted by Crippen LogP contribution is 2.23. The Morgan fingerprint density at radius 3 is 1.18 bits per heavy atom. The molecule has 0 aromatic carbocycles. The van der Waals surface area contributed by atoms with E-state index in [1.807, 2.05) is 0 Å². The van der Waals surface area contributed by atoms with Crippen LogP contribution in [0.25, 0.3) is 0 Å². The van der Waals surface area contributed by atoms with Crippen LogP contribution in [0, 0.1) is 0 Å². The zero-order valence-electron chi connectivity index (χ0n) is 39.1. The number of amides is 1. The lowest BCUT2D eigenvalue weighted by atomic mass is 9.99. The highest BCUT2D eigenvalue weighted by molar-refractivity contribution is 5.80. The normalized spacial score (nSPS) is 21.0. The van der Waals surface area contributed by atoms with Gasteiger partial charge < -0.3 is 45.4 Å². The van der Waals surface area contributed by atoms with Crippen LogP contribution in [-0.2, 0) is 14.3 Å². The zero-order chi connectivity index (χ0) is 43.9. The molecule has 1 amide bonds. The van der Waals surface area contributed by atoms with Crippen molar-refractivity contribution in [3.05, 3.63) is 0 Å². The van der Waals surface area contributed by atoms with Crippen molar-refractivity contribution in [2.75, 3.05) is 13.2 Å². The molecule has 1 aliphatic rings. The van der Waals surface area contributed by atoms with E-state index in [1.165, 1.54) is 180 Å². The highest BCUT2D eigenvalue weighted by Gasteiger charge is 2.44. The van der Waals surface area contributed by atoms with Crippen LogP contribution in [0.2, 0.25) is 0 Å². The number of aliphatic hydroxyl groups is 6. The third-order valence-electron chi connectivity index (χ3n) is 12.8. The Labute approximate surface area is 368 Å². The van der Waals surface area contributed by atoms with Crippen LogP contribution in [0.1, 0.15) is 251 Å². The van der Waals surface area contributed by atoms with Gasteiger partial charge in [0.25, 0.3) is 0 Å². The molecule has 1 fully saturated rings. The summed E-state index contributed by atoms with van der Waals surface area (Å²) in [5, 5.41) is 64.9. The van der Waals surface area contributed by atoms with Gasteiger partial charge in [-0.1, -0.05) is 239 Å². The van der Waals surface area contributed by atoms with E-state index in [0.29, 0.717) is 12.8 Å². The molecule has 0 aliphatic carbocycles. The summed E-state index contributed by atoms with van der Waals surface area (Å²) in [6.45, 7) is 3.68. The van der Waals surface area contributed by atoms with E-state index >= 15 is 0 Å². The first kappa shape index (κ1) is 57.2. The number of nitrogens with one attached hydrogen (secondary N) is 1. The van der Waals surface area contributed by atoms with E-state index in [9.17, 15) is 35.4 Å². The summed E-state index contributed by atoms with van der Waals surface area (Å²) in [7, 11) is 0. The molecule has 10 heteroatoms. The first-order valence-electron chi connectivity index (χ1n) is 25.8. The van der Waals surface area contributed by atoms with Crippen LogP contribution in [-0.4, -0.2) is 98.7 Å². The lowest BCUT2D eigenvalue weighted by Crippen LogP contribution is -2.60. The van der Waals surface area contributed by atoms with Crippen LogP contribution in [0.4, 0.5) is 0 Å². The zero-order valence-corrected chi connectivity index (χ0v) is 39.1. The third kappa shape index (κ3) is 30.3. The topological polar surface area (TPSA) is 169 Å². The molecule has 8 unspecified atom stereocenters. The molecule has 0 saturated carbocycles. The summed E-state index contributed by atoms with van der Waals surface area (Å²) in [4.78, 5) is 13.1. The highest BCUT2D eigenvalue weighted by atomic mass is 16.7.